The summed E-state index contributed by atoms with van der Waals surface area (Å²) in [5.41, 5.74) is 11.5. The number of benzene rings is 1. The highest BCUT2D eigenvalue weighted by Crippen LogP contribution is 2.31. The van der Waals surface area contributed by atoms with E-state index in [9.17, 15) is 0 Å². The summed E-state index contributed by atoms with van der Waals surface area (Å²) in [6.45, 7) is 0. The van der Waals surface area contributed by atoms with Crippen LogP contribution in [0.3, 0.4) is 0 Å². The van der Waals surface area contributed by atoms with Gasteiger partial charge in [0.05, 0.1) is 14.7 Å². The Morgan fingerprint density at radius 3 is 2.41 bits per heavy atom. The van der Waals surface area contributed by atoms with Crippen LogP contribution in [0.5, 0.6) is 0 Å². The fourth-order valence-electron chi connectivity index (χ4n) is 2.00. The highest BCUT2D eigenvalue weighted by molar-refractivity contribution is 9.11. The molecule has 0 unspecified atom stereocenters. The lowest BCUT2D eigenvalue weighted by atomic mass is 10.2. The lowest BCUT2D eigenvalue weighted by Crippen LogP contribution is -2.22. The van der Waals surface area contributed by atoms with Gasteiger partial charge in [-0.3, -0.25) is 4.57 Å². The minimum absolute atomic E-state index is 0.107. The third-order valence-corrected chi connectivity index (χ3v) is 4.33. The first kappa shape index (κ1) is 15.3. The highest BCUT2D eigenvalue weighted by Gasteiger charge is 2.14. The summed E-state index contributed by atoms with van der Waals surface area (Å²) in [7, 11) is 0. The Morgan fingerprint density at radius 1 is 1.09 bits per heavy atom. The van der Waals surface area contributed by atoms with Gasteiger partial charge in [-0.15, -0.1) is 0 Å². The van der Waals surface area contributed by atoms with Crippen LogP contribution in [0.2, 0.25) is 5.02 Å². The van der Waals surface area contributed by atoms with E-state index in [0.717, 1.165) is 14.6 Å². The number of fused-ring (bicyclic) bond motifs is 1. The summed E-state index contributed by atoms with van der Waals surface area (Å²) in [6.07, 6.45) is 0. The van der Waals surface area contributed by atoms with Gasteiger partial charge in [-0.1, -0.05) is 11.6 Å². The molecule has 0 radical (unpaired) electrons. The Bertz CT molecular complexity index is 881. The second-order valence-electron chi connectivity index (χ2n) is 4.36. The molecule has 0 amide bonds. The van der Waals surface area contributed by atoms with Gasteiger partial charge in [0.25, 0.3) is 5.95 Å². The summed E-state index contributed by atoms with van der Waals surface area (Å²) >= 11 is 13.1. The minimum Gasteiger partial charge on any atom is -0.370 e. The van der Waals surface area contributed by atoms with Crippen molar-refractivity contribution in [1.29, 1.82) is 0 Å². The van der Waals surface area contributed by atoms with Gasteiger partial charge in [0.15, 0.2) is 11.8 Å². The molecular weight excluding hydrogens is 435 g/mol. The second-order valence-corrected chi connectivity index (χ2v) is 6.42. The van der Waals surface area contributed by atoms with Crippen molar-refractivity contribution in [3.8, 4) is 5.82 Å². The van der Waals surface area contributed by atoms with Crippen LogP contribution in [0, 0.1) is 0 Å². The number of aliphatic imine (C=N–C) groups is 1. The highest BCUT2D eigenvalue weighted by atomic mass is 79.9. The molecule has 1 aromatic carbocycles. The number of hydrogen-bond donors (Lipinski definition) is 2. The van der Waals surface area contributed by atoms with Gasteiger partial charge in [-0.25, -0.2) is 4.98 Å². The number of halogens is 3. The average Bonchev–Trinajstić information content (AvgIpc) is 2.77. The molecule has 0 spiro atoms. The molecular formula is C13H9Br2ClN6. The molecule has 0 aliphatic carbocycles. The maximum Gasteiger partial charge on any atom is 0.255 e. The molecule has 4 N–H and O–H groups in total. The topological polar surface area (TPSA) is 95.1 Å². The van der Waals surface area contributed by atoms with Crippen LogP contribution in [0.4, 0.5) is 5.95 Å². The number of nitrogens with zero attached hydrogens (tertiary/aromatic N) is 4. The number of aromatic nitrogens is 3. The number of nitrogens with two attached hydrogens (primary N) is 2. The maximum atomic E-state index is 6.10. The first-order valence-corrected chi connectivity index (χ1v) is 8.02. The Kier molecular flexibility index (Phi) is 4.07. The van der Waals surface area contributed by atoms with Crippen molar-refractivity contribution in [2.75, 3.05) is 0 Å². The molecule has 3 rings (SSSR count). The SMILES string of the molecule is NC(N)=Nc1nc(-n2c(Br)ccc2Br)c2cc(Cl)ccc2n1. The lowest BCUT2D eigenvalue weighted by molar-refractivity contribution is 0.960. The smallest absolute Gasteiger partial charge is 0.255 e. The van der Waals surface area contributed by atoms with Crippen LogP contribution in [0.25, 0.3) is 16.7 Å². The summed E-state index contributed by atoms with van der Waals surface area (Å²) in [5, 5.41) is 1.37. The van der Waals surface area contributed by atoms with Gasteiger partial charge in [0, 0.05) is 10.4 Å². The molecule has 112 valence electrons. The van der Waals surface area contributed by atoms with Gasteiger partial charge in [0.2, 0.25) is 0 Å². The van der Waals surface area contributed by atoms with Gasteiger partial charge >= 0.3 is 0 Å². The molecule has 3 aromatic rings. The first-order valence-electron chi connectivity index (χ1n) is 6.06. The monoisotopic (exact) mass is 442 g/mol. The molecule has 0 atom stereocenters. The zero-order valence-electron chi connectivity index (χ0n) is 11.0. The molecule has 2 heterocycles. The van der Waals surface area contributed by atoms with Crippen molar-refractivity contribution in [1.82, 2.24) is 14.5 Å². The van der Waals surface area contributed by atoms with E-state index in [2.05, 4.69) is 46.8 Å². The fourth-order valence-corrected chi connectivity index (χ4v) is 3.39. The standard InChI is InChI=1S/C13H9Br2ClN6/c14-9-3-4-10(15)22(9)11-7-5-6(16)1-2-8(7)19-13(20-11)21-12(17)18/h1-5H,(H4,17,18,19,20,21). The van der Waals surface area contributed by atoms with Crippen LogP contribution in [-0.4, -0.2) is 20.5 Å². The van der Waals surface area contributed by atoms with E-state index >= 15 is 0 Å². The molecule has 0 saturated heterocycles. The van der Waals surface area contributed by atoms with Crippen LogP contribution >= 0.6 is 43.5 Å². The van der Waals surface area contributed by atoms with Crippen molar-refractivity contribution in [2.24, 2.45) is 16.5 Å². The van der Waals surface area contributed by atoms with Gasteiger partial charge < -0.3 is 11.5 Å². The Morgan fingerprint density at radius 2 is 1.77 bits per heavy atom. The summed E-state index contributed by atoms with van der Waals surface area (Å²) in [4.78, 5) is 12.7. The fraction of sp³-hybridized carbons (Fsp3) is 0. The number of guanidine groups is 1. The van der Waals surface area contributed by atoms with E-state index in [1.165, 1.54) is 0 Å². The van der Waals surface area contributed by atoms with Crippen molar-refractivity contribution >= 4 is 66.3 Å². The quantitative estimate of drug-likeness (QED) is 0.467. The summed E-state index contributed by atoms with van der Waals surface area (Å²) in [5.74, 6) is 0.679. The van der Waals surface area contributed by atoms with Crippen molar-refractivity contribution in [2.45, 2.75) is 0 Å². The molecule has 0 bridgehead atoms. The van der Waals surface area contributed by atoms with Gasteiger partial charge in [0.1, 0.15) is 0 Å². The van der Waals surface area contributed by atoms with E-state index < -0.39 is 0 Å². The molecule has 0 aliphatic heterocycles. The lowest BCUT2D eigenvalue weighted by Gasteiger charge is -2.11. The zero-order valence-corrected chi connectivity index (χ0v) is 14.9. The van der Waals surface area contributed by atoms with E-state index in [1.54, 1.807) is 18.2 Å². The van der Waals surface area contributed by atoms with Crippen LogP contribution < -0.4 is 11.5 Å². The minimum atomic E-state index is -0.107. The number of rotatable bonds is 2. The molecule has 2 aromatic heterocycles. The normalized spacial score (nSPS) is 10.9. The third kappa shape index (κ3) is 2.81. The largest absolute Gasteiger partial charge is 0.370 e. The van der Waals surface area contributed by atoms with Crippen LogP contribution in [0.1, 0.15) is 0 Å². The molecule has 0 aliphatic rings. The predicted octanol–water partition coefficient (Wildman–Crippen LogP) is 3.50. The number of hydrogen-bond acceptors (Lipinski definition) is 3. The Hall–Kier alpha value is -1.64. The Labute approximate surface area is 147 Å². The van der Waals surface area contributed by atoms with E-state index in [-0.39, 0.29) is 11.9 Å². The molecule has 0 saturated carbocycles. The first-order chi connectivity index (χ1) is 10.5. The second kappa shape index (κ2) is 5.86. The van der Waals surface area contributed by atoms with E-state index in [1.807, 2.05) is 16.7 Å². The van der Waals surface area contributed by atoms with Crippen LogP contribution in [-0.2, 0) is 0 Å². The predicted molar refractivity (Wildman–Crippen MR) is 94.7 cm³/mol. The zero-order chi connectivity index (χ0) is 15.9. The maximum absolute atomic E-state index is 6.10. The Balaban J connectivity index is 2.40. The summed E-state index contributed by atoms with van der Waals surface area (Å²) < 4.78 is 3.48. The van der Waals surface area contributed by atoms with Crippen molar-refractivity contribution in [3.05, 3.63) is 44.6 Å². The van der Waals surface area contributed by atoms with Gasteiger partial charge in [-0.05, 0) is 62.2 Å². The third-order valence-electron chi connectivity index (χ3n) is 2.85. The molecule has 0 fully saturated rings. The summed E-state index contributed by atoms with van der Waals surface area (Å²) in [6, 6.07) is 9.12. The van der Waals surface area contributed by atoms with Crippen LogP contribution in [0.15, 0.2) is 44.5 Å². The van der Waals surface area contributed by atoms with E-state index in [0.29, 0.717) is 16.4 Å². The molecule has 9 heteroatoms. The average molecular weight is 445 g/mol. The molecule has 6 nitrogen and oxygen atoms in total. The van der Waals surface area contributed by atoms with Crippen molar-refractivity contribution < 1.29 is 0 Å². The van der Waals surface area contributed by atoms with Gasteiger partial charge in [-0.2, -0.15) is 9.98 Å². The van der Waals surface area contributed by atoms with E-state index in [4.69, 9.17) is 23.1 Å². The van der Waals surface area contributed by atoms with Crippen molar-refractivity contribution in [3.63, 3.8) is 0 Å². The molecule has 22 heavy (non-hydrogen) atoms.